The van der Waals surface area contributed by atoms with Crippen LogP contribution in [0.4, 0.5) is 0 Å². The molecule has 0 saturated carbocycles. The van der Waals surface area contributed by atoms with E-state index in [2.05, 4.69) is 24.1 Å². The molecule has 3 saturated heterocycles. The van der Waals surface area contributed by atoms with Crippen molar-refractivity contribution >= 4 is 17.8 Å². The van der Waals surface area contributed by atoms with Crippen LogP contribution >= 0.6 is 0 Å². The van der Waals surface area contributed by atoms with E-state index in [1.165, 1.54) is 70.3 Å². The summed E-state index contributed by atoms with van der Waals surface area (Å²) in [4.78, 5) is 37.7. The Bertz CT molecular complexity index is 1500. The summed E-state index contributed by atoms with van der Waals surface area (Å²) in [7, 11) is 0. The van der Waals surface area contributed by atoms with Gasteiger partial charge in [-0.25, -0.2) is 4.79 Å². The van der Waals surface area contributed by atoms with E-state index in [0.29, 0.717) is 6.42 Å². The number of carbonyl (C=O) groups excluding carboxylic acids is 2. The number of rotatable bonds is 33. The van der Waals surface area contributed by atoms with Crippen LogP contribution in [0.5, 0.6) is 0 Å². The van der Waals surface area contributed by atoms with Crippen molar-refractivity contribution < 1.29 is 104 Å². The first-order chi connectivity index (χ1) is 32.9. The Balaban J connectivity index is 1.60. The van der Waals surface area contributed by atoms with Gasteiger partial charge in [-0.3, -0.25) is 9.59 Å². The lowest BCUT2D eigenvalue weighted by Gasteiger charge is -2.50. The third kappa shape index (κ3) is 18.2. The molecule has 23 heteroatoms. The van der Waals surface area contributed by atoms with Gasteiger partial charge in [0.1, 0.15) is 67.1 Å². The number of amides is 2. The summed E-state index contributed by atoms with van der Waals surface area (Å²) in [5, 5.41) is 133. The number of carboxylic acid groups (broad SMARTS) is 1. The van der Waals surface area contributed by atoms with Crippen molar-refractivity contribution in [2.75, 3.05) is 26.4 Å². The summed E-state index contributed by atoms with van der Waals surface area (Å²) in [6, 6.07) is -2.64. The molecule has 3 aliphatic rings. The molecule has 0 aromatic heterocycles. The highest BCUT2D eigenvalue weighted by Crippen LogP contribution is 2.38. The molecular weight excluding hydrogens is 916 g/mol. The van der Waals surface area contributed by atoms with Crippen molar-refractivity contribution in [3.63, 3.8) is 0 Å². The fourth-order valence-corrected chi connectivity index (χ4v) is 8.81. The quantitative estimate of drug-likeness (QED) is 0.0252. The lowest BCUT2D eigenvalue weighted by Crippen LogP contribution is -2.70. The molecule has 0 aromatic carbocycles. The van der Waals surface area contributed by atoms with E-state index in [0.717, 1.165) is 32.6 Å². The zero-order valence-corrected chi connectivity index (χ0v) is 40.0. The molecule has 0 unspecified atom stereocenters. The average Bonchev–Trinajstić information content (AvgIpc) is 3.32. The highest BCUT2D eigenvalue weighted by Gasteiger charge is 2.60. The van der Waals surface area contributed by atoms with Crippen molar-refractivity contribution in [2.24, 2.45) is 0 Å². The van der Waals surface area contributed by atoms with Crippen LogP contribution in [0, 0.1) is 0 Å². The Morgan fingerprint density at radius 2 is 1.30 bits per heavy atom. The van der Waals surface area contributed by atoms with Gasteiger partial charge in [0.2, 0.25) is 11.8 Å². The third-order valence-corrected chi connectivity index (χ3v) is 12.9. The zero-order valence-electron chi connectivity index (χ0n) is 40.0. The van der Waals surface area contributed by atoms with Gasteiger partial charge >= 0.3 is 5.97 Å². The van der Waals surface area contributed by atoms with Gasteiger partial charge in [0, 0.05) is 19.8 Å². The van der Waals surface area contributed by atoms with Crippen LogP contribution in [0.15, 0.2) is 12.7 Å². The van der Waals surface area contributed by atoms with E-state index in [1.54, 1.807) is 0 Å². The van der Waals surface area contributed by atoms with Gasteiger partial charge in [0.15, 0.2) is 12.6 Å². The second kappa shape index (κ2) is 31.1. The second-order valence-electron chi connectivity index (χ2n) is 18.4. The number of unbranched alkanes of at least 4 members (excludes halogenated alkanes) is 14. The molecule has 2 amide bonds. The maximum Gasteiger partial charge on any atom is 0.364 e. The molecule has 0 radical (unpaired) electrons. The van der Waals surface area contributed by atoms with Crippen molar-refractivity contribution in [3.05, 3.63) is 12.7 Å². The monoisotopic (exact) mass is 999 g/mol. The smallest absolute Gasteiger partial charge is 0.364 e. The molecule has 18 atom stereocenters. The lowest BCUT2D eigenvalue weighted by atomic mass is 9.88. The highest BCUT2D eigenvalue weighted by molar-refractivity contribution is 5.77. The largest absolute Gasteiger partial charge is 0.477 e. The van der Waals surface area contributed by atoms with Gasteiger partial charge in [-0.1, -0.05) is 103 Å². The van der Waals surface area contributed by atoms with Gasteiger partial charge in [-0.15, -0.1) is 6.58 Å². The number of hydrogen-bond donors (Lipinski definition) is 14. The molecule has 3 fully saturated rings. The molecule has 402 valence electrons. The predicted octanol–water partition coefficient (Wildman–Crippen LogP) is -1.91. The normalized spacial score (nSPS) is 33.5. The number of hydrogen-bond acceptors (Lipinski definition) is 20. The first kappa shape index (κ1) is 60.8. The minimum absolute atomic E-state index is 0.185. The van der Waals surface area contributed by atoms with E-state index >= 15 is 0 Å². The van der Waals surface area contributed by atoms with Crippen molar-refractivity contribution in [2.45, 2.75) is 233 Å². The third-order valence-electron chi connectivity index (χ3n) is 12.9. The van der Waals surface area contributed by atoms with Gasteiger partial charge in [0.05, 0.1) is 50.7 Å². The number of carbonyl (C=O) groups is 3. The molecule has 3 rings (SSSR count). The number of aliphatic hydroxyl groups is 11. The topological polar surface area (TPSA) is 373 Å². The van der Waals surface area contributed by atoms with Gasteiger partial charge < -0.3 is 100 Å². The summed E-state index contributed by atoms with van der Waals surface area (Å²) < 4.78 is 34.0. The van der Waals surface area contributed by atoms with E-state index < -0.39 is 155 Å². The molecule has 0 spiro atoms. The average molecular weight is 999 g/mol. The Labute approximate surface area is 403 Å². The lowest BCUT2D eigenvalue weighted by molar-refractivity contribution is -0.386. The van der Waals surface area contributed by atoms with Crippen molar-refractivity contribution in [3.8, 4) is 0 Å². The Morgan fingerprint density at radius 1 is 0.754 bits per heavy atom. The molecule has 3 heterocycles. The molecule has 3 aliphatic heterocycles. The Kier molecular flexibility index (Phi) is 27.4. The van der Waals surface area contributed by atoms with Crippen LogP contribution < -0.4 is 10.6 Å². The van der Waals surface area contributed by atoms with Gasteiger partial charge in [-0.05, 0) is 6.42 Å². The first-order valence-electron chi connectivity index (χ1n) is 24.5. The summed E-state index contributed by atoms with van der Waals surface area (Å²) in [5.74, 6) is -6.19. The maximum absolute atomic E-state index is 12.9. The fourth-order valence-electron chi connectivity index (χ4n) is 8.81. The standard InChI is InChI=1S/C46H82N2O21/c1-4-6-7-8-9-10-11-12-13-14-15-16-17-18-19-20-33(56)48-27(28(53)5-2)25-64-43-38(60)37(59)40(32(24-51)66-43)67-44-39(61)42(36(58)31(23-50)65-44)69-46(45(62)63)21-29(54)34(47-26(3)52)41(68-46)35(57)30(55)22-49/h5,27-32,34-44,49-51,53-55,57-61H,2,4,6-25H2,1,3H3,(H,47,52)(H,48,56)(H,62,63)/t27-,28+,29-,30+,31+,32+,34+,35+,36-,37+,38+,39+,40+,41+,42-,43+,44-,46-/m0/s1. The number of carboxylic acids is 1. The van der Waals surface area contributed by atoms with Crippen molar-refractivity contribution in [1.29, 1.82) is 0 Å². The molecule has 0 aromatic rings. The summed E-state index contributed by atoms with van der Waals surface area (Å²) in [6.07, 6.45) is -10.6. The van der Waals surface area contributed by atoms with Gasteiger partial charge in [0.25, 0.3) is 5.79 Å². The minimum Gasteiger partial charge on any atom is -0.477 e. The fraction of sp³-hybridized carbons (Fsp3) is 0.891. The Morgan fingerprint density at radius 3 is 1.81 bits per heavy atom. The predicted molar refractivity (Wildman–Crippen MR) is 241 cm³/mol. The van der Waals surface area contributed by atoms with Crippen LogP contribution in [-0.4, -0.2) is 215 Å². The number of ether oxygens (including phenoxy) is 6. The first-order valence-corrected chi connectivity index (χ1v) is 24.5. The molecule has 14 N–H and O–H groups in total. The molecular formula is C46H82N2O21. The maximum atomic E-state index is 12.9. The summed E-state index contributed by atoms with van der Waals surface area (Å²) >= 11 is 0. The highest BCUT2D eigenvalue weighted by atomic mass is 16.8. The van der Waals surface area contributed by atoms with Gasteiger partial charge in [-0.2, -0.15) is 0 Å². The number of aliphatic carboxylic acids is 1. The molecule has 0 bridgehead atoms. The molecule has 69 heavy (non-hydrogen) atoms. The van der Waals surface area contributed by atoms with E-state index in [-0.39, 0.29) is 12.3 Å². The number of nitrogens with one attached hydrogen (secondary N) is 2. The van der Waals surface area contributed by atoms with Crippen LogP contribution in [0.2, 0.25) is 0 Å². The second-order valence-corrected chi connectivity index (χ2v) is 18.4. The van der Waals surface area contributed by atoms with Crippen LogP contribution in [0.25, 0.3) is 0 Å². The molecule has 23 nitrogen and oxygen atoms in total. The summed E-state index contributed by atoms with van der Waals surface area (Å²) in [5.41, 5.74) is 0. The zero-order chi connectivity index (χ0) is 51.3. The molecule has 0 aliphatic carbocycles. The van der Waals surface area contributed by atoms with Crippen LogP contribution in [0.3, 0.4) is 0 Å². The minimum atomic E-state index is -3.08. The van der Waals surface area contributed by atoms with Crippen molar-refractivity contribution in [1.82, 2.24) is 10.6 Å². The summed E-state index contributed by atoms with van der Waals surface area (Å²) in [6.45, 7) is 3.38. The SMILES string of the molecule is C=C[C@@H](O)[C@H](CO[C@@H]1O[C@H](CO)[C@@H](O[C@@H]2O[C@H](CO)[C@H](O)[C@H](O[C@]3(C(=O)O)C[C@H](O)[C@@H](NC(C)=O)[C@H]([C@H](O)[C@H](O)CO)O3)[C@H]2O)[C@H](O)[C@H]1O)NC(=O)CCCCCCCCCCCCCCCCC. The van der Waals surface area contributed by atoms with Crippen LogP contribution in [0.1, 0.15) is 123 Å². The van der Waals surface area contributed by atoms with E-state index in [1.807, 2.05) is 0 Å². The van der Waals surface area contributed by atoms with E-state index in [9.17, 15) is 75.7 Å². The van der Waals surface area contributed by atoms with E-state index in [4.69, 9.17) is 28.4 Å². The number of aliphatic hydroxyl groups excluding tert-OH is 11. The Hall–Kier alpha value is -2.53. The van der Waals surface area contributed by atoms with Crippen LogP contribution in [-0.2, 0) is 42.8 Å².